The van der Waals surface area contributed by atoms with Crippen molar-refractivity contribution in [2.24, 2.45) is 0 Å². The second-order valence-electron chi connectivity index (χ2n) is 5.65. The van der Waals surface area contributed by atoms with E-state index in [0.717, 1.165) is 22.4 Å². The van der Waals surface area contributed by atoms with Crippen LogP contribution in [0.1, 0.15) is 30.5 Å². The summed E-state index contributed by atoms with van der Waals surface area (Å²) in [5.74, 6) is 0.672. The number of hydrogen-bond donors (Lipinski definition) is 2. The molecule has 0 aliphatic rings. The summed E-state index contributed by atoms with van der Waals surface area (Å²) in [5.41, 5.74) is 2.63. The summed E-state index contributed by atoms with van der Waals surface area (Å²) in [6.45, 7) is 4.30. The average molecular weight is 313 g/mol. The third-order valence-electron chi connectivity index (χ3n) is 3.45. The van der Waals surface area contributed by atoms with Gasteiger partial charge in [0.05, 0.1) is 19.1 Å². The van der Waals surface area contributed by atoms with Crippen LogP contribution in [0, 0.1) is 0 Å². The molecule has 0 aromatic heterocycles. The molecule has 1 amide bonds. The Kier molecular flexibility index (Phi) is 6.18. The Morgan fingerprint density at radius 2 is 1.65 bits per heavy atom. The maximum atomic E-state index is 12.2. The van der Waals surface area contributed by atoms with Crippen molar-refractivity contribution < 1.29 is 14.6 Å². The highest BCUT2D eigenvalue weighted by Gasteiger charge is 2.10. The Balaban J connectivity index is 1.97. The van der Waals surface area contributed by atoms with Crippen LogP contribution in [0.25, 0.3) is 0 Å². The Hall–Kier alpha value is -2.33. The molecule has 0 bridgehead atoms. The van der Waals surface area contributed by atoms with Crippen LogP contribution in [0.4, 0.5) is 0 Å². The summed E-state index contributed by atoms with van der Waals surface area (Å²) in [6, 6.07) is 15.1. The highest BCUT2D eigenvalue weighted by Crippen LogP contribution is 2.20. The third kappa shape index (κ3) is 5.11. The highest BCUT2D eigenvalue weighted by atomic mass is 16.5. The van der Waals surface area contributed by atoms with E-state index >= 15 is 0 Å². The fourth-order valence-corrected chi connectivity index (χ4v) is 2.33. The number of nitrogens with one attached hydrogen (secondary N) is 1. The Bertz CT molecular complexity index is 653. The predicted molar refractivity (Wildman–Crippen MR) is 90.1 cm³/mol. The van der Waals surface area contributed by atoms with Gasteiger partial charge in [-0.2, -0.15) is 0 Å². The van der Waals surface area contributed by atoms with Gasteiger partial charge in [0.15, 0.2) is 0 Å². The lowest BCUT2D eigenvalue weighted by Gasteiger charge is -2.14. The van der Waals surface area contributed by atoms with Crippen LogP contribution < -0.4 is 10.1 Å². The summed E-state index contributed by atoms with van der Waals surface area (Å²) < 4.78 is 5.73. The molecule has 0 fully saturated rings. The molecule has 2 aromatic carbocycles. The second-order valence-corrected chi connectivity index (χ2v) is 5.65. The smallest absolute Gasteiger partial charge is 0.224 e. The van der Waals surface area contributed by atoms with Gasteiger partial charge >= 0.3 is 0 Å². The van der Waals surface area contributed by atoms with Gasteiger partial charge in [-0.3, -0.25) is 4.79 Å². The first-order chi connectivity index (χ1) is 11.1. The van der Waals surface area contributed by atoms with Crippen molar-refractivity contribution in [2.45, 2.75) is 39.5 Å². The molecule has 0 atom stereocenters. The van der Waals surface area contributed by atoms with Crippen LogP contribution in [0.2, 0.25) is 0 Å². The predicted octanol–water partition coefficient (Wildman–Crippen LogP) is 2.83. The van der Waals surface area contributed by atoms with Gasteiger partial charge in [-0.15, -0.1) is 0 Å². The number of carbonyl (C=O) groups excluding carboxylic acids is 1. The number of rotatable bonds is 7. The molecular weight excluding hydrogens is 290 g/mol. The topological polar surface area (TPSA) is 58.6 Å². The summed E-state index contributed by atoms with van der Waals surface area (Å²) in [6.07, 6.45) is 0.333. The maximum Gasteiger partial charge on any atom is 0.224 e. The van der Waals surface area contributed by atoms with Gasteiger partial charge < -0.3 is 15.2 Å². The quantitative estimate of drug-likeness (QED) is 0.826. The molecule has 2 rings (SSSR count). The molecule has 0 saturated carbocycles. The number of amides is 1. The van der Waals surface area contributed by atoms with Crippen molar-refractivity contribution in [3.8, 4) is 5.75 Å². The van der Waals surface area contributed by atoms with E-state index in [1.807, 2.05) is 62.4 Å². The van der Waals surface area contributed by atoms with Gasteiger partial charge in [0.25, 0.3) is 0 Å². The Morgan fingerprint density at radius 1 is 1.04 bits per heavy atom. The third-order valence-corrected chi connectivity index (χ3v) is 3.45. The van der Waals surface area contributed by atoms with Gasteiger partial charge in [0.2, 0.25) is 5.91 Å². The van der Waals surface area contributed by atoms with Crippen LogP contribution in [0.3, 0.4) is 0 Å². The van der Waals surface area contributed by atoms with E-state index < -0.39 is 0 Å². The molecule has 4 heteroatoms. The Morgan fingerprint density at radius 3 is 2.30 bits per heavy atom. The van der Waals surface area contributed by atoms with Gasteiger partial charge in [-0.1, -0.05) is 42.5 Å². The minimum atomic E-state index is -0.0717. The van der Waals surface area contributed by atoms with Gasteiger partial charge in [0.1, 0.15) is 5.75 Å². The molecule has 0 aliphatic heterocycles. The van der Waals surface area contributed by atoms with Gasteiger partial charge in [-0.25, -0.2) is 0 Å². The largest absolute Gasteiger partial charge is 0.491 e. The monoisotopic (exact) mass is 313 g/mol. The van der Waals surface area contributed by atoms with E-state index in [1.54, 1.807) is 0 Å². The van der Waals surface area contributed by atoms with E-state index in [4.69, 9.17) is 4.74 Å². The molecule has 2 aromatic rings. The van der Waals surface area contributed by atoms with Crippen molar-refractivity contribution in [1.82, 2.24) is 5.32 Å². The van der Waals surface area contributed by atoms with Crippen LogP contribution >= 0.6 is 0 Å². The summed E-state index contributed by atoms with van der Waals surface area (Å²) in [5, 5.41) is 12.2. The van der Waals surface area contributed by atoms with Gasteiger partial charge in [-0.05, 0) is 31.0 Å². The molecule has 23 heavy (non-hydrogen) atoms. The average Bonchev–Trinajstić information content (AvgIpc) is 2.54. The van der Waals surface area contributed by atoms with Crippen molar-refractivity contribution >= 4 is 5.91 Å². The summed E-state index contributed by atoms with van der Waals surface area (Å²) >= 11 is 0. The van der Waals surface area contributed by atoms with Crippen molar-refractivity contribution in [3.63, 3.8) is 0 Å². The lowest BCUT2D eigenvalue weighted by Crippen LogP contribution is -2.25. The first-order valence-electron chi connectivity index (χ1n) is 7.79. The van der Waals surface area contributed by atoms with Gasteiger partial charge in [0, 0.05) is 12.1 Å². The van der Waals surface area contributed by atoms with Crippen LogP contribution in [-0.4, -0.2) is 17.1 Å². The van der Waals surface area contributed by atoms with E-state index in [-0.39, 0.29) is 25.0 Å². The van der Waals surface area contributed by atoms with Crippen LogP contribution in [-0.2, 0) is 24.4 Å². The molecule has 0 saturated heterocycles. The zero-order chi connectivity index (χ0) is 16.7. The summed E-state index contributed by atoms with van der Waals surface area (Å²) in [4.78, 5) is 12.2. The lowest BCUT2D eigenvalue weighted by molar-refractivity contribution is -0.120. The van der Waals surface area contributed by atoms with E-state index in [0.29, 0.717) is 6.54 Å². The van der Waals surface area contributed by atoms with Crippen molar-refractivity contribution in [2.75, 3.05) is 0 Å². The first kappa shape index (κ1) is 17.0. The molecule has 122 valence electrons. The van der Waals surface area contributed by atoms with E-state index in [1.165, 1.54) is 0 Å². The minimum Gasteiger partial charge on any atom is -0.491 e. The number of benzene rings is 2. The molecule has 0 heterocycles. The first-order valence-corrected chi connectivity index (χ1v) is 7.79. The lowest BCUT2D eigenvalue weighted by atomic mass is 10.1. The maximum absolute atomic E-state index is 12.2. The minimum absolute atomic E-state index is 0.0306. The zero-order valence-corrected chi connectivity index (χ0v) is 13.6. The number of hydrogen-bond acceptors (Lipinski definition) is 3. The number of ether oxygens (including phenoxy) is 1. The van der Waals surface area contributed by atoms with Crippen molar-refractivity contribution in [1.29, 1.82) is 0 Å². The molecule has 0 spiro atoms. The zero-order valence-electron chi connectivity index (χ0n) is 13.6. The van der Waals surface area contributed by atoms with Crippen LogP contribution in [0.5, 0.6) is 5.75 Å². The Labute approximate surface area is 137 Å². The number of carbonyl (C=O) groups is 1. The van der Waals surface area contributed by atoms with Crippen molar-refractivity contribution in [3.05, 3.63) is 65.2 Å². The fourth-order valence-electron chi connectivity index (χ4n) is 2.33. The molecule has 4 nitrogen and oxygen atoms in total. The molecule has 0 aliphatic carbocycles. The normalized spacial score (nSPS) is 10.6. The summed E-state index contributed by atoms with van der Waals surface area (Å²) in [7, 11) is 0. The molecule has 2 N–H and O–H groups in total. The molecular formula is C19H23NO3. The number of para-hydroxylation sites is 1. The van der Waals surface area contributed by atoms with E-state index in [2.05, 4.69) is 5.32 Å². The fraction of sp³-hybridized carbons (Fsp3) is 0.316. The molecule has 0 unspecified atom stereocenters. The number of aliphatic hydroxyl groups excluding tert-OH is 1. The van der Waals surface area contributed by atoms with Crippen LogP contribution in [0.15, 0.2) is 48.5 Å². The van der Waals surface area contributed by atoms with E-state index in [9.17, 15) is 9.90 Å². The number of aliphatic hydroxyl groups is 1. The SMILES string of the molecule is CC(C)Oc1ccccc1CC(=O)NCc1ccccc1CO. The molecule has 0 radical (unpaired) electrons. The second kappa shape index (κ2) is 8.34. The highest BCUT2D eigenvalue weighted by molar-refractivity contribution is 5.79. The standard InChI is InChI=1S/C19H23NO3/c1-14(2)23-18-10-6-5-7-15(18)11-19(22)20-12-16-8-3-4-9-17(16)13-21/h3-10,14,21H,11-13H2,1-2H3,(H,20,22).